The van der Waals surface area contributed by atoms with Crippen LogP contribution in [-0.4, -0.2) is 17.0 Å². The summed E-state index contributed by atoms with van der Waals surface area (Å²) >= 11 is 17.5. The van der Waals surface area contributed by atoms with Crippen LogP contribution in [0.15, 0.2) is 36.4 Å². The Kier molecular flexibility index (Phi) is 5.29. The summed E-state index contributed by atoms with van der Waals surface area (Å²) in [6.45, 7) is 0.182. The Labute approximate surface area is 141 Å². The van der Waals surface area contributed by atoms with Crippen molar-refractivity contribution in [2.24, 2.45) is 0 Å². The molecule has 0 heterocycles. The lowest BCUT2D eigenvalue weighted by molar-refractivity contribution is 0.0691. The van der Waals surface area contributed by atoms with Gasteiger partial charge in [-0.25, -0.2) is 4.79 Å². The summed E-state index contributed by atoms with van der Waals surface area (Å²) in [5.74, 6) is -1.73. The molecule has 2 rings (SSSR count). The standard InChI is InChI=1S/C15H10Cl3NO3/c16-9-2-3-10(15(21)22)11(6-9)14(20)19-7-8-1-4-12(17)13(18)5-8/h1-6H,7H2,(H,19,20)(H,21,22). The monoisotopic (exact) mass is 357 g/mol. The van der Waals surface area contributed by atoms with Crippen molar-refractivity contribution in [1.29, 1.82) is 0 Å². The van der Waals surface area contributed by atoms with E-state index in [2.05, 4.69) is 5.32 Å². The highest BCUT2D eigenvalue weighted by Crippen LogP contribution is 2.22. The Bertz CT molecular complexity index is 747. The molecule has 0 spiro atoms. The summed E-state index contributed by atoms with van der Waals surface area (Å²) in [6, 6.07) is 8.98. The summed E-state index contributed by atoms with van der Waals surface area (Å²) in [6.07, 6.45) is 0. The van der Waals surface area contributed by atoms with Crippen molar-refractivity contribution in [1.82, 2.24) is 5.32 Å². The van der Waals surface area contributed by atoms with Crippen molar-refractivity contribution in [2.45, 2.75) is 6.54 Å². The van der Waals surface area contributed by atoms with Gasteiger partial charge < -0.3 is 10.4 Å². The van der Waals surface area contributed by atoms with Crippen molar-refractivity contribution < 1.29 is 14.7 Å². The quantitative estimate of drug-likeness (QED) is 0.857. The maximum Gasteiger partial charge on any atom is 0.336 e. The predicted octanol–water partition coefficient (Wildman–Crippen LogP) is 4.28. The van der Waals surface area contributed by atoms with Gasteiger partial charge in [0, 0.05) is 11.6 Å². The first-order chi connectivity index (χ1) is 10.4. The van der Waals surface area contributed by atoms with Gasteiger partial charge in [0.05, 0.1) is 21.2 Å². The Balaban J connectivity index is 2.17. The van der Waals surface area contributed by atoms with Crippen LogP contribution in [-0.2, 0) is 6.54 Å². The average molecular weight is 359 g/mol. The number of carboxylic acids is 1. The summed E-state index contributed by atoms with van der Waals surface area (Å²) in [5.41, 5.74) is 0.623. The molecule has 0 saturated carbocycles. The van der Waals surface area contributed by atoms with Crippen LogP contribution >= 0.6 is 34.8 Å². The molecule has 0 saturated heterocycles. The first-order valence-corrected chi connectivity index (χ1v) is 7.27. The zero-order valence-corrected chi connectivity index (χ0v) is 13.3. The minimum Gasteiger partial charge on any atom is -0.478 e. The molecule has 0 fully saturated rings. The minimum atomic E-state index is -1.20. The van der Waals surface area contributed by atoms with Crippen LogP contribution < -0.4 is 5.32 Å². The molecule has 4 nitrogen and oxygen atoms in total. The van der Waals surface area contributed by atoms with Gasteiger partial charge in [-0.3, -0.25) is 4.79 Å². The summed E-state index contributed by atoms with van der Waals surface area (Å²) < 4.78 is 0. The van der Waals surface area contributed by atoms with Gasteiger partial charge in [-0.15, -0.1) is 0 Å². The normalized spacial score (nSPS) is 10.3. The maximum atomic E-state index is 12.2. The molecule has 0 radical (unpaired) electrons. The van der Waals surface area contributed by atoms with E-state index in [4.69, 9.17) is 39.9 Å². The average Bonchev–Trinajstić information content (AvgIpc) is 2.47. The van der Waals surface area contributed by atoms with Gasteiger partial charge in [0.15, 0.2) is 0 Å². The molecule has 0 unspecified atom stereocenters. The highest BCUT2D eigenvalue weighted by molar-refractivity contribution is 6.42. The lowest BCUT2D eigenvalue weighted by Crippen LogP contribution is -2.25. The molecule has 114 valence electrons. The fraction of sp³-hybridized carbons (Fsp3) is 0.0667. The van der Waals surface area contributed by atoms with Gasteiger partial charge >= 0.3 is 5.97 Å². The Morgan fingerprint density at radius 3 is 2.32 bits per heavy atom. The second-order valence-electron chi connectivity index (χ2n) is 4.43. The number of benzene rings is 2. The highest BCUT2D eigenvalue weighted by atomic mass is 35.5. The van der Waals surface area contributed by atoms with Crippen LogP contribution in [0.5, 0.6) is 0 Å². The van der Waals surface area contributed by atoms with E-state index in [1.165, 1.54) is 18.2 Å². The first kappa shape index (κ1) is 16.6. The zero-order chi connectivity index (χ0) is 16.3. The molecule has 0 aliphatic heterocycles. The third-order valence-electron chi connectivity index (χ3n) is 2.89. The van der Waals surface area contributed by atoms with Crippen LogP contribution in [0.3, 0.4) is 0 Å². The third-order valence-corrected chi connectivity index (χ3v) is 3.87. The van der Waals surface area contributed by atoms with Crippen molar-refractivity contribution in [3.05, 3.63) is 68.2 Å². The van der Waals surface area contributed by atoms with Crippen molar-refractivity contribution >= 4 is 46.7 Å². The van der Waals surface area contributed by atoms with Gasteiger partial charge in [-0.1, -0.05) is 40.9 Å². The topological polar surface area (TPSA) is 66.4 Å². The van der Waals surface area contributed by atoms with Crippen LogP contribution in [0.1, 0.15) is 26.3 Å². The van der Waals surface area contributed by atoms with Gasteiger partial charge in [0.25, 0.3) is 5.91 Å². The van der Waals surface area contributed by atoms with E-state index in [-0.39, 0.29) is 22.7 Å². The molecule has 2 aromatic rings. The zero-order valence-electron chi connectivity index (χ0n) is 11.1. The van der Waals surface area contributed by atoms with Crippen LogP contribution in [0, 0.1) is 0 Å². The van der Waals surface area contributed by atoms with Crippen LogP contribution in [0.2, 0.25) is 15.1 Å². The summed E-state index contributed by atoms with van der Waals surface area (Å²) in [4.78, 5) is 23.3. The summed E-state index contributed by atoms with van der Waals surface area (Å²) in [7, 11) is 0. The molecule has 2 N–H and O–H groups in total. The number of carbonyl (C=O) groups is 2. The van der Waals surface area contributed by atoms with Crippen LogP contribution in [0.4, 0.5) is 0 Å². The highest BCUT2D eigenvalue weighted by Gasteiger charge is 2.16. The molecule has 2 aromatic carbocycles. The second-order valence-corrected chi connectivity index (χ2v) is 5.68. The van der Waals surface area contributed by atoms with E-state index in [0.29, 0.717) is 10.0 Å². The molecular formula is C15H10Cl3NO3. The molecule has 0 atom stereocenters. The van der Waals surface area contributed by atoms with E-state index in [9.17, 15) is 9.59 Å². The van der Waals surface area contributed by atoms with E-state index in [0.717, 1.165) is 5.56 Å². The lowest BCUT2D eigenvalue weighted by atomic mass is 10.1. The molecule has 0 aliphatic carbocycles. The predicted molar refractivity (Wildman–Crippen MR) is 86.0 cm³/mol. The van der Waals surface area contributed by atoms with Gasteiger partial charge in [-0.05, 0) is 35.9 Å². The summed E-state index contributed by atoms with van der Waals surface area (Å²) in [5, 5.41) is 12.8. The molecule has 0 bridgehead atoms. The Morgan fingerprint density at radius 1 is 0.955 bits per heavy atom. The van der Waals surface area contributed by atoms with Crippen molar-refractivity contribution in [2.75, 3.05) is 0 Å². The van der Waals surface area contributed by atoms with Gasteiger partial charge in [0.1, 0.15) is 0 Å². The molecule has 0 aromatic heterocycles. The van der Waals surface area contributed by atoms with Crippen molar-refractivity contribution in [3.8, 4) is 0 Å². The molecule has 22 heavy (non-hydrogen) atoms. The number of halogens is 3. The number of hydrogen-bond donors (Lipinski definition) is 2. The lowest BCUT2D eigenvalue weighted by Gasteiger charge is -2.09. The smallest absolute Gasteiger partial charge is 0.336 e. The van der Waals surface area contributed by atoms with E-state index in [1.807, 2.05) is 0 Å². The van der Waals surface area contributed by atoms with E-state index in [1.54, 1.807) is 18.2 Å². The van der Waals surface area contributed by atoms with Crippen LogP contribution in [0.25, 0.3) is 0 Å². The van der Waals surface area contributed by atoms with Gasteiger partial charge in [-0.2, -0.15) is 0 Å². The SMILES string of the molecule is O=C(O)c1ccc(Cl)cc1C(=O)NCc1ccc(Cl)c(Cl)c1. The molecular weight excluding hydrogens is 349 g/mol. The molecule has 1 amide bonds. The Hall–Kier alpha value is -1.75. The minimum absolute atomic E-state index is 0.0000560. The number of amides is 1. The van der Waals surface area contributed by atoms with Crippen molar-refractivity contribution in [3.63, 3.8) is 0 Å². The second kappa shape index (κ2) is 7.01. The fourth-order valence-electron chi connectivity index (χ4n) is 1.82. The number of carboxylic acid groups (broad SMARTS) is 1. The first-order valence-electron chi connectivity index (χ1n) is 6.13. The number of hydrogen-bond acceptors (Lipinski definition) is 2. The number of aromatic carboxylic acids is 1. The number of carbonyl (C=O) groups excluding carboxylic acids is 1. The maximum absolute atomic E-state index is 12.2. The fourth-order valence-corrected chi connectivity index (χ4v) is 2.31. The van der Waals surface area contributed by atoms with Gasteiger partial charge in [0.2, 0.25) is 0 Å². The molecule has 7 heteroatoms. The third kappa shape index (κ3) is 3.91. The van der Waals surface area contributed by atoms with E-state index >= 15 is 0 Å². The van der Waals surface area contributed by atoms with E-state index < -0.39 is 11.9 Å². The largest absolute Gasteiger partial charge is 0.478 e. The number of nitrogens with one attached hydrogen (secondary N) is 1. The number of rotatable bonds is 4. The molecule has 0 aliphatic rings. The Morgan fingerprint density at radius 2 is 1.68 bits per heavy atom.